The predicted molar refractivity (Wildman–Crippen MR) is 142 cm³/mol. The Morgan fingerprint density at radius 2 is 1.62 bits per heavy atom. The van der Waals surface area contributed by atoms with Gasteiger partial charge in [0.05, 0.1) is 12.5 Å². The monoisotopic (exact) mass is 506 g/mol. The second-order valence-electron chi connectivity index (χ2n) is 11.2. The number of methoxy groups -OCH3 is 1. The maximum absolute atomic E-state index is 12.9. The fourth-order valence-electron chi connectivity index (χ4n) is 7.25. The van der Waals surface area contributed by atoms with Gasteiger partial charge in [0, 0.05) is 24.6 Å². The van der Waals surface area contributed by atoms with E-state index in [0.29, 0.717) is 22.8 Å². The van der Waals surface area contributed by atoms with Gasteiger partial charge in [-0.1, -0.05) is 37.6 Å². The van der Waals surface area contributed by atoms with E-state index in [0.717, 1.165) is 55.9 Å². The predicted octanol–water partition coefficient (Wildman–Crippen LogP) is 6.57. The van der Waals surface area contributed by atoms with Crippen molar-refractivity contribution in [2.24, 2.45) is 22.7 Å². The van der Waals surface area contributed by atoms with Crippen molar-refractivity contribution in [3.63, 3.8) is 0 Å². The molecule has 0 aromatic heterocycles. The van der Waals surface area contributed by atoms with E-state index in [1.165, 1.54) is 26.5 Å². The first-order valence-electron chi connectivity index (χ1n) is 13.2. The Kier molecular flexibility index (Phi) is 7.50. The lowest BCUT2D eigenvalue weighted by Gasteiger charge is -2.57. The molecule has 4 atom stereocenters. The van der Waals surface area contributed by atoms with Gasteiger partial charge in [-0.3, -0.25) is 14.4 Å². The van der Waals surface area contributed by atoms with Gasteiger partial charge in [0.25, 0.3) is 0 Å². The quantitative estimate of drug-likeness (QED) is 0.250. The fourth-order valence-corrected chi connectivity index (χ4v) is 7.25. The molecule has 2 saturated carbocycles. The van der Waals surface area contributed by atoms with Crippen LogP contribution in [0.5, 0.6) is 11.5 Å². The maximum atomic E-state index is 12.9. The molecule has 0 spiro atoms. The Morgan fingerprint density at radius 1 is 0.973 bits per heavy atom. The number of allylic oxidation sites excluding steroid dienone is 1. The highest BCUT2D eigenvalue weighted by atomic mass is 16.5. The minimum absolute atomic E-state index is 0.0151. The number of carbonyl (C=O) groups is 3. The van der Waals surface area contributed by atoms with Crippen molar-refractivity contribution in [1.82, 2.24) is 0 Å². The van der Waals surface area contributed by atoms with Crippen molar-refractivity contribution in [2.45, 2.75) is 72.6 Å². The molecule has 2 aliphatic rings. The number of aryl methyl sites for hydroxylation is 1. The molecule has 1 unspecified atom stereocenters. The third kappa shape index (κ3) is 5.03. The van der Waals surface area contributed by atoms with E-state index < -0.39 is 17.4 Å². The molecule has 2 aromatic carbocycles. The molecule has 6 nitrogen and oxygen atoms in total. The largest absolute Gasteiger partial charge is 0.469 e. The Labute approximate surface area is 219 Å². The van der Waals surface area contributed by atoms with E-state index >= 15 is 0 Å². The van der Waals surface area contributed by atoms with Crippen LogP contribution in [0, 0.1) is 22.7 Å². The van der Waals surface area contributed by atoms with E-state index in [1.807, 2.05) is 18.2 Å². The van der Waals surface area contributed by atoms with E-state index in [-0.39, 0.29) is 17.3 Å². The van der Waals surface area contributed by atoms with Gasteiger partial charge in [0.1, 0.15) is 11.5 Å². The van der Waals surface area contributed by atoms with Gasteiger partial charge < -0.3 is 14.2 Å². The zero-order valence-corrected chi connectivity index (χ0v) is 22.6. The first-order valence-corrected chi connectivity index (χ1v) is 13.2. The van der Waals surface area contributed by atoms with Gasteiger partial charge in [0.15, 0.2) is 0 Å². The van der Waals surface area contributed by atoms with Crippen LogP contribution >= 0.6 is 0 Å². The smallest absolute Gasteiger partial charge is 0.311 e. The lowest BCUT2D eigenvalue weighted by atomic mass is 9.46. The van der Waals surface area contributed by atoms with Crippen LogP contribution in [0.4, 0.5) is 0 Å². The van der Waals surface area contributed by atoms with E-state index in [4.69, 9.17) is 14.2 Å². The van der Waals surface area contributed by atoms with Gasteiger partial charge in [-0.05, 0) is 86.5 Å². The lowest BCUT2D eigenvalue weighted by Crippen LogP contribution is -2.53. The molecule has 6 heteroatoms. The number of ether oxygens (including phenoxy) is 3. The summed E-state index contributed by atoms with van der Waals surface area (Å²) in [4.78, 5) is 36.2. The summed E-state index contributed by atoms with van der Waals surface area (Å²) >= 11 is 0. The van der Waals surface area contributed by atoms with Crippen LogP contribution < -0.4 is 9.47 Å². The van der Waals surface area contributed by atoms with Crippen LogP contribution in [0.1, 0.15) is 71.8 Å². The summed E-state index contributed by atoms with van der Waals surface area (Å²) in [5, 5.41) is 1.45. The molecule has 198 valence electrons. The van der Waals surface area contributed by atoms with E-state index in [1.54, 1.807) is 12.1 Å². The SMILES string of the molecule is C=C1CCC2[C@](C)(CCC[C@]2(C)C(=O)OC)[C@H]1CCc1ccc2c(OC(C)=O)ccc(OC(C)=O)c2c1. The highest BCUT2D eigenvalue weighted by Crippen LogP contribution is 2.62. The number of rotatable bonds is 6. The number of esters is 3. The molecule has 0 heterocycles. The van der Waals surface area contributed by atoms with E-state index in [9.17, 15) is 14.4 Å². The number of benzene rings is 2. The topological polar surface area (TPSA) is 78.9 Å². The maximum Gasteiger partial charge on any atom is 0.311 e. The van der Waals surface area contributed by atoms with Crippen molar-refractivity contribution >= 4 is 28.7 Å². The van der Waals surface area contributed by atoms with Crippen molar-refractivity contribution in [3.8, 4) is 11.5 Å². The van der Waals surface area contributed by atoms with Gasteiger partial charge in [0.2, 0.25) is 0 Å². The second-order valence-corrected chi connectivity index (χ2v) is 11.2. The molecule has 4 rings (SSSR count). The second kappa shape index (κ2) is 10.3. The third-order valence-corrected chi connectivity index (χ3v) is 8.90. The minimum atomic E-state index is -0.463. The fraction of sp³-hybridized carbons (Fsp3) is 0.516. The summed E-state index contributed by atoms with van der Waals surface area (Å²) in [7, 11) is 1.50. The summed E-state index contributed by atoms with van der Waals surface area (Å²) in [6.07, 6.45) is 6.58. The molecule has 0 amide bonds. The van der Waals surface area contributed by atoms with Gasteiger partial charge >= 0.3 is 17.9 Å². The molecule has 2 fully saturated rings. The molecule has 37 heavy (non-hydrogen) atoms. The zero-order chi connectivity index (χ0) is 27.0. The molecule has 0 radical (unpaired) electrons. The highest BCUT2D eigenvalue weighted by molar-refractivity contribution is 5.96. The van der Waals surface area contributed by atoms with Crippen molar-refractivity contribution < 1.29 is 28.6 Å². The van der Waals surface area contributed by atoms with Crippen LogP contribution in [0.3, 0.4) is 0 Å². The molecule has 0 bridgehead atoms. The van der Waals surface area contributed by atoms with Gasteiger partial charge in [-0.15, -0.1) is 0 Å². The van der Waals surface area contributed by atoms with Gasteiger partial charge in [-0.2, -0.15) is 0 Å². The molecule has 2 aliphatic carbocycles. The molecule has 0 N–H and O–H groups in total. The standard InChI is InChI=1S/C31H38O6/c1-19-8-15-28-30(4,16-7-17-31(28,5)29(34)35-6)25(19)12-10-22-9-11-23-24(18-22)27(37-21(3)33)14-13-26(23)36-20(2)32/h9,11,13-14,18,25,28H,1,7-8,10,12,15-17H2,2-6H3/t25-,28?,30+,31-/m0/s1. The molecule has 0 saturated heterocycles. The lowest BCUT2D eigenvalue weighted by molar-refractivity contribution is -0.168. The third-order valence-electron chi connectivity index (χ3n) is 8.90. The Hall–Kier alpha value is -3.15. The average molecular weight is 507 g/mol. The molecule has 2 aromatic rings. The molecule has 0 aliphatic heterocycles. The van der Waals surface area contributed by atoms with Crippen LogP contribution in [0.25, 0.3) is 10.8 Å². The van der Waals surface area contributed by atoms with Crippen molar-refractivity contribution in [1.29, 1.82) is 0 Å². The van der Waals surface area contributed by atoms with Crippen molar-refractivity contribution in [2.75, 3.05) is 7.11 Å². The summed E-state index contributed by atoms with van der Waals surface area (Å²) < 4.78 is 16.1. The summed E-state index contributed by atoms with van der Waals surface area (Å²) in [5.41, 5.74) is 1.89. The summed E-state index contributed by atoms with van der Waals surface area (Å²) in [6, 6.07) is 9.29. The Balaban J connectivity index is 1.64. The van der Waals surface area contributed by atoms with E-state index in [2.05, 4.69) is 20.4 Å². The van der Waals surface area contributed by atoms with Crippen LogP contribution in [-0.4, -0.2) is 25.0 Å². The molecular formula is C31H38O6. The summed E-state index contributed by atoms with van der Waals surface area (Å²) in [5.74, 6) is 0.527. The highest BCUT2D eigenvalue weighted by Gasteiger charge is 2.57. The number of hydrogen-bond donors (Lipinski definition) is 0. The van der Waals surface area contributed by atoms with Crippen LogP contribution in [0.2, 0.25) is 0 Å². The van der Waals surface area contributed by atoms with Crippen LogP contribution in [0.15, 0.2) is 42.5 Å². The zero-order valence-electron chi connectivity index (χ0n) is 22.6. The Morgan fingerprint density at radius 3 is 2.24 bits per heavy atom. The molecular weight excluding hydrogens is 468 g/mol. The van der Waals surface area contributed by atoms with Crippen LogP contribution in [-0.2, 0) is 25.5 Å². The number of carbonyl (C=O) groups excluding carboxylic acids is 3. The Bertz CT molecular complexity index is 1250. The first-order chi connectivity index (χ1) is 17.5. The first kappa shape index (κ1) is 26.9. The normalized spacial score (nSPS) is 27.3. The average Bonchev–Trinajstić information content (AvgIpc) is 2.83. The minimum Gasteiger partial charge on any atom is -0.469 e. The van der Waals surface area contributed by atoms with Crippen molar-refractivity contribution in [3.05, 3.63) is 48.0 Å². The summed E-state index contributed by atoms with van der Waals surface area (Å²) in [6.45, 7) is 11.6. The number of fused-ring (bicyclic) bond motifs is 2. The van der Waals surface area contributed by atoms with Gasteiger partial charge in [-0.25, -0.2) is 0 Å². The number of hydrogen-bond acceptors (Lipinski definition) is 6.